The second-order valence-electron chi connectivity index (χ2n) is 11.4. The third kappa shape index (κ3) is 6.83. The molecule has 0 bridgehead atoms. The summed E-state index contributed by atoms with van der Waals surface area (Å²) in [6.07, 6.45) is 10.5. The molecule has 2 atom stereocenters. The van der Waals surface area contributed by atoms with E-state index in [0.29, 0.717) is 22.8 Å². The van der Waals surface area contributed by atoms with Gasteiger partial charge in [0.05, 0.1) is 5.60 Å². The van der Waals surface area contributed by atoms with Crippen molar-refractivity contribution < 1.29 is 5.11 Å². The summed E-state index contributed by atoms with van der Waals surface area (Å²) in [6, 6.07) is 8.23. The van der Waals surface area contributed by atoms with Gasteiger partial charge in [0.2, 0.25) is 0 Å². The molecule has 2 aliphatic heterocycles. The molecule has 0 amide bonds. The van der Waals surface area contributed by atoms with Gasteiger partial charge in [0.1, 0.15) is 0 Å². The van der Waals surface area contributed by atoms with Crippen LogP contribution < -0.4 is 0 Å². The number of benzene rings is 1. The first kappa shape index (κ1) is 26.0. The summed E-state index contributed by atoms with van der Waals surface area (Å²) in [5, 5.41) is 17.1. The lowest BCUT2D eigenvalue weighted by molar-refractivity contribution is -0.0265. The van der Waals surface area contributed by atoms with E-state index in [2.05, 4.69) is 32.7 Å². The molecular weight excluding hydrogens is 495 g/mol. The number of thiophene rings is 1. The molecule has 1 aromatic carbocycles. The van der Waals surface area contributed by atoms with Crippen molar-refractivity contribution in [1.82, 2.24) is 9.80 Å². The Morgan fingerprint density at radius 2 is 1.74 bits per heavy atom. The number of rotatable bonds is 7. The number of hydrogen-bond donors (Lipinski definition) is 1. The fraction of sp³-hybridized carbons (Fsp3) is 0.655. The van der Waals surface area contributed by atoms with Gasteiger partial charge in [-0.3, -0.25) is 4.90 Å². The maximum atomic E-state index is 11.0. The second kappa shape index (κ2) is 11.8. The number of piperidine rings is 2. The molecule has 35 heavy (non-hydrogen) atoms. The van der Waals surface area contributed by atoms with Crippen molar-refractivity contribution in [3.63, 3.8) is 0 Å². The molecule has 192 valence electrons. The van der Waals surface area contributed by atoms with E-state index in [4.69, 9.17) is 23.2 Å². The van der Waals surface area contributed by atoms with E-state index in [0.717, 1.165) is 43.9 Å². The maximum Gasteiger partial charge on any atom is 0.0650 e. The minimum absolute atomic E-state index is 0.373. The minimum Gasteiger partial charge on any atom is -0.390 e. The summed E-state index contributed by atoms with van der Waals surface area (Å²) in [5.74, 6) is 1.96. The monoisotopic (exact) mass is 534 g/mol. The summed E-state index contributed by atoms with van der Waals surface area (Å²) < 4.78 is 0. The van der Waals surface area contributed by atoms with Gasteiger partial charge in [-0.05, 0) is 116 Å². The van der Waals surface area contributed by atoms with Crippen molar-refractivity contribution in [2.45, 2.75) is 75.9 Å². The van der Waals surface area contributed by atoms with E-state index in [9.17, 15) is 5.11 Å². The third-order valence-corrected chi connectivity index (χ3v) is 10.1. The van der Waals surface area contributed by atoms with Crippen LogP contribution >= 0.6 is 34.5 Å². The quantitative estimate of drug-likeness (QED) is 0.399. The van der Waals surface area contributed by atoms with Gasteiger partial charge in [0.25, 0.3) is 0 Å². The Kier molecular flexibility index (Phi) is 8.79. The number of likely N-dealkylation sites (tertiary alicyclic amines) is 2. The number of halogens is 2. The highest BCUT2D eigenvalue weighted by molar-refractivity contribution is 7.08. The van der Waals surface area contributed by atoms with E-state index in [-0.39, 0.29) is 5.60 Å². The fourth-order valence-electron chi connectivity index (χ4n) is 6.91. The zero-order valence-corrected chi connectivity index (χ0v) is 23.1. The summed E-state index contributed by atoms with van der Waals surface area (Å²) in [5.41, 5.74) is 2.32. The fourth-order valence-corrected chi connectivity index (χ4v) is 8.10. The van der Waals surface area contributed by atoms with Crippen molar-refractivity contribution >= 4 is 34.5 Å². The number of hydrogen-bond acceptors (Lipinski definition) is 4. The van der Waals surface area contributed by atoms with Crippen molar-refractivity contribution in [2.24, 2.45) is 11.8 Å². The smallest absolute Gasteiger partial charge is 0.0650 e. The third-order valence-electron chi connectivity index (χ3n) is 8.85. The van der Waals surface area contributed by atoms with Gasteiger partial charge in [-0.15, -0.1) is 0 Å². The normalized spacial score (nSPS) is 26.7. The Hall–Kier alpha value is -0.620. The molecule has 3 nitrogen and oxygen atoms in total. The van der Waals surface area contributed by atoms with Crippen LogP contribution in [0.4, 0.5) is 0 Å². The minimum atomic E-state index is -0.373. The van der Waals surface area contributed by atoms with Gasteiger partial charge in [-0.1, -0.05) is 48.5 Å². The lowest BCUT2D eigenvalue weighted by Gasteiger charge is -2.43. The topological polar surface area (TPSA) is 26.7 Å². The SMILES string of the molecule is OC1(CC2CCN(C[C@H]3CN(Cc4ccc(Cl)cc4Cl)CC[C@@H]3c3ccsc3)CC2)CCCCC1. The zero-order chi connectivity index (χ0) is 24.3. The van der Waals surface area contributed by atoms with Crippen LogP contribution in [0.5, 0.6) is 0 Å². The summed E-state index contributed by atoms with van der Waals surface area (Å²) in [7, 11) is 0. The van der Waals surface area contributed by atoms with Gasteiger partial charge in [-0.25, -0.2) is 0 Å². The van der Waals surface area contributed by atoms with Crippen molar-refractivity contribution in [2.75, 3.05) is 32.7 Å². The van der Waals surface area contributed by atoms with Crippen LogP contribution in [0, 0.1) is 11.8 Å². The highest BCUT2D eigenvalue weighted by Gasteiger charge is 2.36. The molecule has 1 aromatic heterocycles. The van der Waals surface area contributed by atoms with E-state index < -0.39 is 0 Å². The molecule has 5 rings (SSSR count). The van der Waals surface area contributed by atoms with Crippen LogP contribution in [-0.4, -0.2) is 53.2 Å². The average molecular weight is 536 g/mol. The maximum absolute atomic E-state index is 11.0. The second-order valence-corrected chi connectivity index (χ2v) is 13.0. The number of aliphatic hydroxyl groups is 1. The molecule has 2 aromatic rings. The number of nitrogens with zero attached hydrogens (tertiary/aromatic N) is 2. The first-order valence-corrected chi connectivity index (χ1v) is 15.3. The van der Waals surface area contributed by atoms with Gasteiger partial charge >= 0.3 is 0 Å². The zero-order valence-electron chi connectivity index (χ0n) is 20.8. The molecule has 3 heterocycles. The summed E-state index contributed by atoms with van der Waals surface area (Å²) in [4.78, 5) is 5.30. The van der Waals surface area contributed by atoms with E-state index >= 15 is 0 Å². The van der Waals surface area contributed by atoms with Crippen LogP contribution in [0.1, 0.15) is 74.8 Å². The lowest BCUT2D eigenvalue weighted by Crippen LogP contribution is -2.46. The van der Waals surface area contributed by atoms with Crippen LogP contribution in [-0.2, 0) is 6.54 Å². The highest BCUT2D eigenvalue weighted by Crippen LogP contribution is 2.39. The van der Waals surface area contributed by atoms with Crippen LogP contribution in [0.2, 0.25) is 10.0 Å². The van der Waals surface area contributed by atoms with Crippen molar-refractivity contribution in [3.8, 4) is 0 Å². The Morgan fingerprint density at radius 3 is 2.46 bits per heavy atom. The molecule has 0 spiro atoms. The van der Waals surface area contributed by atoms with Crippen LogP contribution in [0.15, 0.2) is 35.0 Å². The predicted molar refractivity (Wildman–Crippen MR) is 149 cm³/mol. The highest BCUT2D eigenvalue weighted by atomic mass is 35.5. The predicted octanol–water partition coefficient (Wildman–Crippen LogP) is 7.46. The first-order valence-electron chi connectivity index (χ1n) is 13.6. The van der Waals surface area contributed by atoms with E-state index in [1.54, 1.807) is 0 Å². The molecule has 0 radical (unpaired) electrons. The Labute approximate surface area is 225 Å². The molecule has 6 heteroatoms. The van der Waals surface area contributed by atoms with Crippen molar-refractivity contribution in [1.29, 1.82) is 0 Å². The molecule has 2 saturated heterocycles. The Balaban J connectivity index is 1.19. The standard InChI is InChI=1S/C29H40Cl2N2OS/c30-26-5-4-23(28(31)16-26)18-33-14-8-27(24-9-15-35-21-24)25(20-33)19-32-12-6-22(7-13-32)17-29(34)10-2-1-3-11-29/h4-5,9,15-16,21-22,25,27,34H,1-3,6-8,10-14,17-20H2/t25-,27+/m0/s1. The van der Waals surface area contributed by atoms with Gasteiger partial charge in [0.15, 0.2) is 0 Å². The van der Waals surface area contributed by atoms with Crippen molar-refractivity contribution in [3.05, 3.63) is 56.2 Å². The Morgan fingerprint density at radius 1 is 0.971 bits per heavy atom. The molecule has 3 fully saturated rings. The molecule has 0 unspecified atom stereocenters. The summed E-state index contributed by atoms with van der Waals surface area (Å²) >= 11 is 14.5. The first-order chi connectivity index (χ1) is 17.0. The summed E-state index contributed by atoms with van der Waals surface area (Å²) in [6.45, 7) is 6.63. The Bertz CT molecular complexity index is 938. The molecule has 1 saturated carbocycles. The van der Waals surface area contributed by atoms with Crippen LogP contribution in [0.25, 0.3) is 0 Å². The van der Waals surface area contributed by atoms with Gasteiger partial charge in [-0.2, -0.15) is 11.3 Å². The molecule has 3 aliphatic rings. The lowest BCUT2D eigenvalue weighted by atomic mass is 9.76. The molecular formula is C29H40Cl2N2OS. The van der Waals surface area contributed by atoms with Crippen LogP contribution in [0.3, 0.4) is 0 Å². The van der Waals surface area contributed by atoms with Gasteiger partial charge in [0, 0.05) is 29.7 Å². The molecule has 1 aliphatic carbocycles. The van der Waals surface area contributed by atoms with E-state index in [1.165, 1.54) is 69.3 Å². The average Bonchev–Trinajstić information content (AvgIpc) is 3.37. The van der Waals surface area contributed by atoms with Gasteiger partial charge < -0.3 is 10.0 Å². The van der Waals surface area contributed by atoms with E-state index in [1.807, 2.05) is 23.5 Å². The largest absolute Gasteiger partial charge is 0.390 e. The molecule has 1 N–H and O–H groups in total.